The Hall–Kier alpha value is -0.610. The van der Waals surface area contributed by atoms with E-state index < -0.39 is 0 Å². The van der Waals surface area contributed by atoms with Gasteiger partial charge in [0.15, 0.2) is 5.13 Å². The third-order valence-corrected chi connectivity index (χ3v) is 4.62. The van der Waals surface area contributed by atoms with E-state index in [0.29, 0.717) is 0 Å². The lowest BCUT2D eigenvalue weighted by molar-refractivity contribution is 0.284. The van der Waals surface area contributed by atoms with E-state index in [1.165, 1.54) is 0 Å². The third kappa shape index (κ3) is 3.19. The van der Waals surface area contributed by atoms with Crippen molar-refractivity contribution in [3.8, 4) is 0 Å². The zero-order valence-electron chi connectivity index (χ0n) is 11.6. The summed E-state index contributed by atoms with van der Waals surface area (Å²) in [6.07, 6.45) is 3.09. The van der Waals surface area contributed by atoms with Gasteiger partial charge in [0.1, 0.15) is 0 Å². The minimum atomic E-state index is 0.105. The van der Waals surface area contributed by atoms with Gasteiger partial charge >= 0.3 is 0 Å². The van der Waals surface area contributed by atoms with Crippen LogP contribution in [-0.2, 0) is 13.0 Å². The standard InChI is InChI=1S/C13H24N2OS/c1-6-8-10-11(9-16)17-12(14-10)15(5)13(3,4)7-2/h16H,6-9H2,1-5H3. The summed E-state index contributed by atoms with van der Waals surface area (Å²) in [5, 5.41) is 10.4. The zero-order chi connectivity index (χ0) is 13.1. The van der Waals surface area contributed by atoms with Crippen LogP contribution in [-0.4, -0.2) is 22.7 Å². The third-order valence-electron chi connectivity index (χ3n) is 3.46. The van der Waals surface area contributed by atoms with Gasteiger partial charge in [0.05, 0.1) is 17.2 Å². The van der Waals surface area contributed by atoms with Crippen molar-refractivity contribution in [3.05, 3.63) is 10.6 Å². The second kappa shape index (κ2) is 5.83. The van der Waals surface area contributed by atoms with Crippen molar-refractivity contribution in [1.82, 2.24) is 4.98 Å². The molecule has 0 saturated heterocycles. The molecule has 0 unspecified atom stereocenters. The molecule has 0 atom stereocenters. The summed E-state index contributed by atoms with van der Waals surface area (Å²) in [4.78, 5) is 7.90. The van der Waals surface area contributed by atoms with Gasteiger partial charge in [0.25, 0.3) is 0 Å². The van der Waals surface area contributed by atoms with Crippen molar-refractivity contribution >= 4 is 16.5 Å². The maximum absolute atomic E-state index is 9.35. The van der Waals surface area contributed by atoms with E-state index in [0.717, 1.165) is 35.0 Å². The van der Waals surface area contributed by atoms with Gasteiger partial charge in [0, 0.05) is 12.6 Å². The maximum Gasteiger partial charge on any atom is 0.186 e. The van der Waals surface area contributed by atoms with Gasteiger partial charge < -0.3 is 10.0 Å². The van der Waals surface area contributed by atoms with E-state index in [2.05, 4.69) is 44.6 Å². The van der Waals surface area contributed by atoms with Gasteiger partial charge in [-0.25, -0.2) is 4.98 Å². The van der Waals surface area contributed by atoms with Gasteiger partial charge in [-0.3, -0.25) is 0 Å². The summed E-state index contributed by atoms with van der Waals surface area (Å²) in [7, 11) is 2.08. The number of hydrogen-bond donors (Lipinski definition) is 1. The molecule has 4 heteroatoms. The van der Waals surface area contributed by atoms with Gasteiger partial charge in [-0.05, 0) is 26.7 Å². The molecule has 1 N–H and O–H groups in total. The predicted octanol–water partition coefficient (Wildman–Crippen LogP) is 3.21. The first-order chi connectivity index (χ1) is 7.96. The van der Waals surface area contributed by atoms with Crippen LogP contribution in [0.5, 0.6) is 0 Å². The Bertz CT molecular complexity index is 360. The first-order valence-corrected chi connectivity index (χ1v) is 7.11. The molecule has 17 heavy (non-hydrogen) atoms. The molecule has 0 aliphatic carbocycles. The molecule has 0 bridgehead atoms. The van der Waals surface area contributed by atoms with E-state index in [1.807, 2.05) is 0 Å². The van der Waals surface area contributed by atoms with E-state index in [9.17, 15) is 5.11 Å². The van der Waals surface area contributed by atoms with Crippen LogP contribution in [0.25, 0.3) is 0 Å². The minimum Gasteiger partial charge on any atom is -0.391 e. The van der Waals surface area contributed by atoms with Crippen molar-refractivity contribution in [3.63, 3.8) is 0 Å². The average molecular weight is 256 g/mol. The number of anilines is 1. The second-order valence-electron chi connectivity index (χ2n) is 5.00. The van der Waals surface area contributed by atoms with E-state index in [1.54, 1.807) is 11.3 Å². The molecule has 0 aliphatic rings. The molecule has 0 spiro atoms. The normalized spacial score (nSPS) is 11.9. The fourth-order valence-corrected chi connectivity index (χ4v) is 2.66. The largest absolute Gasteiger partial charge is 0.391 e. The predicted molar refractivity (Wildman–Crippen MR) is 74.8 cm³/mol. The Kier molecular flexibility index (Phi) is 4.95. The van der Waals surface area contributed by atoms with Crippen LogP contribution in [0.1, 0.15) is 51.1 Å². The Labute approximate surface area is 108 Å². The Morgan fingerprint density at radius 3 is 2.47 bits per heavy atom. The number of aryl methyl sites for hydroxylation is 1. The first kappa shape index (κ1) is 14.5. The van der Waals surface area contributed by atoms with E-state index in [-0.39, 0.29) is 12.1 Å². The molecule has 0 aliphatic heterocycles. The molecule has 98 valence electrons. The summed E-state index contributed by atoms with van der Waals surface area (Å²) in [6.45, 7) is 8.86. The molecule has 1 aromatic heterocycles. The lowest BCUT2D eigenvalue weighted by Gasteiger charge is -2.34. The van der Waals surface area contributed by atoms with Gasteiger partial charge in [-0.1, -0.05) is 31.6 Å². The molecule has 1 heterocycles. The van der Waals surface area contributed by atoms with Crippen LogP contribution in [0.15, 0.2) is 0 Å². The van der Waals surface area contributed by atoms with E-state index >= 15 is 0 Å². The van der Waals surface area contributed by atoms with Crippen LogP contribution in [0.2, 0.25) is 0 Å². The van der Waals surface area contributed by atoms with Gasteiger partial charge in [-0.2, -0.15) is 0 Å². The molecule has 3 nitrogen and oxygen atoms in total. The summed E-state index contributed by atoms with van der Waals surface area (Å²) >= 11 is 1.61. The monoisotopic (exact) mass is 256 g/mol. The smallest absolute Gasteiger partial charge is 0.186 e. The quantitative estimate of drug-likeness (QED) is 0.849. The molecular formula is C13H24N2OS. The molecule has 0 saturated carbocycles. The highest BCUT2D eigenvalue weighted by Crippen LogP contribution is 2.31. The van der Waals surface area contributed by atoms with Crippen LogP contribution < -0.4 is 4.90 Å². The summed E-state index contributed by atoms with van der Waals surface area (Å²) in [5.74, 6) is 0. The van der Waals surface area contributed by atoms with Crippen molar-refractivity contribution in [2.75, 3.05) is 11.9 Å². The van der Waals surface area contributed by atoms with Gasteiger partial charge in [0.2, 0.25) is 0 Å². The van der Waals surface area contributed by atoms with Crippen molar-refractivity contribution in [2.45, 2.75) is 59.1 Å². The number of aromatic nitrogens is 1. The average Bonchev–Trinajstić information content (AvgIpc) is 2.71. The van der Waals surface area contributed by atoms with E-state index in [4.69, 9.17) is 0 Å². The first-order valence-electron chi connectivity index (χ1n) is 6.29. The number of aliphatic hydroxyl groups excluding tert-OH is 1. The van der Waals surface area contributed by atoms with Gasteiger partial charge in [-0.15, -0.1) is 0 Å². The molecule has 1 rings (SSSR count). The SMILES string of the molecule is CCCc1nc(N(C)C(C)(C)CC)sc1CO. The number of hydrogen-bond acceptors (Lipinski definition) is 4. The van der Waals surface area contributed by atoms with Crippen molar-refractivity contribution < 1.29 is 5.11 Å². The minimum absolute atomic E-state index is 0.105. The molecule has 1 aromatic rings. The van der Waals surface area contributed by atoms with Crippen LogP contribution in [0, 0.1) is 0 Å². The number of aliphatic hydroxyl groups is 1. The molecule has 0 fully saturated rings. The number of thiazole rings is 1. The maximum atomic E-state index is 9.35. The summed E-state index contributed by atoms with van der Waals surface area (Å²) < 4.78 is 0. The fraction of sp³-hybridized carbons (Fsp3) is 0.769. The Morgan fingerprint density at radius 2 is 2.00 bits per heavy atom. The molecular weight excluding hydrogens is 232 g/mol. The van der Waals surface area contributed by atoms with Crippen molar-refractivity contribution in [2.24, 2.45) is 0 Å². The second-order valence-corrected chi connectivity index (χ2v) is 6.06. The van der Waals surface area contributed by atoms with Crippen LogP contribution in [0.4, 0.5) is 5.13 Å². The van der Waals surface area contributed by atoms with Crippen molar-refractivity contribution in [1.29, 1.82) is 0 Å². The van der Waals surface area contributed by atoms with Crippen LogP contribution in [0.3, 0.4) is 0 Å². The molecule has 0 amide bonds. The topological polar surface area (TPSA) is 36.4 Å². The summed E-state index contributed by atoms with van der Waals surface area (Å²) in [6, 6.07) is 0. The number of rotatable bonds is 6. The zero-order valence-corrected chi connectivity index (χ0v) is 12.4. The lowest BCUT2D eigenvalue weighted by Crippen LogP contribution is -2.40. The molecule has 0 radical (unpaired) electrons. The highest BCUT2D eigenvalue weighted by Gasteiger charge is 2.24. The molecule has 0 aromatic carbocycles. The highest BCUT2D eigenvalue weighted by atomic mass is 32.1. The Balaban J connectivity index is 2.99. The highest BCUT2D eigenvalue weighted by molar-refractivity contribution is 7.15. The van der Waals surface area contributed by atoms with Crippen LogP contribution >= 0.6 is 11.3 Å². The number of nitrogens with zero attached hydrogens (tertiary/aromatic N) is 2. The Morgan fingerprint density at radius 1 is 1.35 bits per heavy atom. The lowest BCUT2D eigenvalue weighted by atomic mass is 10.0. The summed E-state index contributed by atoms with van der Waals surface area (Å²) in [5.41, 5.74) is 1.17. The fourth-order valence-electron chi connectivity index (χ4n) is 1.56.